The number of hydrogen-bond acceptors (Lipinski definition) is 6. The third-order valence-electron chi connectivity index (χ3n) is 5.24. The molecule has 7 heteroatoms. The number of pyridine rings is 1. The van der Waals surface area contributed by atoms with Gasteiger partial charge in [-0.1, -0.05) is 12.1 Å². The number of likely N-dealkylation sites (tertiary alicyclic amines) is 1. The van der Waals surface area contributed by atoms with E-state index in [1.807, 2.05) is 32.9 Å². The first-order valence-corrected chi connectivity index (χ1v) is 10.4. The predicted molar refractivity (Wildman–Crippen MR) is 116 cm³/mol. The summed E-state index contributed by atoms with van der Waals surface area (Å²) in [5.74, 6) is 1.47. The van der Waals surface area contributed by atoms with Gasteiger partial charge in [-0.15, -0.1) is 0 Å². The Morgan fingerprint density at radius 1 is 1.26 bits per heavy atom. The molecule has 0 radical (unpaired) electrons. The number of hydrogen-bond donors (Lipinski definition) is 0. The number of ether oxygens (including phenoxy) is 3. The molecule has 1 aliphatic rings. The van der Waals surface area contributed by atoms with Crippen LogP contribution in [-0.2, 0) is 4.74 Å². The van der Waals surface area contributed by atoms with Crippen molar-refractivity contribution in [2.24, 2.45) is 5.92 Å². The fourth-order valence-electron chi connectivity index (χ4n) is 3.73. The van der Waals surface area contributed by atoms with E-state index in [1.54, 1.807) is 30.3 Å². The van der Waals surface area contributed by atoms with Gasteiger partial charge in [-0.05, 0) is 56.9 Å². The van der Waals surface area contributed by atoms with Gasteiger partial charge in [-0.2, -0.15) is 5.26 Å². The summed E-state index contributed by atoms with van der Waals surface area (Å²) < 4.78 is 16.8. The minimum atomic E-state index is -0.544. The van der Waals surface area contributed by atoms with E-state index < -0.39 is 5.60 Å². The molecule has 1 fully saturated rings. The van der Waals surface area contributed by atoms with Crippen LogP contribution < -0.4 is 9.47 Å². The van der Waals surface area contributed by atoms with Crippen molar-refractivity contribution in [3.05, 3.63) is 53.7 Å². The lowest BCUT2D eigenvalue weighted by Crippen LogP contribution is -2.46. The molecule has 2 heterocycles. The Labute approximate surface area is 183 Å². The topological polar surface area (TPSA) is 84.7 Å². The number of piperidine rings is 1. The summed E-state index contributed by atoms with van der Waals surface area (Å²) >= 11 is 0. The first kappa shape index (κ1) is 22.4. The summed E-state index contributed by atoms with van der Waals surface area (Å²) in [7, 11) is 1.65. The molecule has 2 atom stereocenters. The first-order valence-electron chi connectivity index (χ1n) is 10.4. The summed E-state index contributed by atoms with van der Waals surface area (Å²) in [6.45, 7) is 7.10. The Hall–Kier alpha value is -3.27. The lowest BCUT2D eigenvalue weighted by molar-refractivity contribution is 0.0110. The Morgan fingerprint density at radius 3 is 2.65 bits per heavy atom. The zero-order valence-corrected chi connectivity index (χ0v) is 18.5. The van der Waals surface area contributed by atoms with Crippen LogP contribution in [0.25, 0.3) is 0 Å². The summed E-state index contributed by atoms with van der Waals surface area (Å²) in [6, 6.07) is 13.4. The van der Waals surface area contributed by atoms with Gasteiger partial charge >= 0.3 is 6.09 Å². The molecule has 164 valence electrons. The maximum atomic E-state index is 12.6. The van der Waals surface area contributed by atoms with E-state index in [0.717, 1.165) is 12.2 Å². The molecule has 0 saturated carbocycles. The molecule has 1 aromatic carbocycles. The fourth-order valence-corrected chi connectivity index (χ4v) is 3.73. The summed E-state index contributed by atoms with van der Waals surface area (Å²) in [6.07, 6.45) is 2.05. The third-order valence-corrected chi connectivity index (χ3v) is 5.24. The van der Waals surface area contributed by atoms with Crippen molar-refractivity contribution in [1.82, 2.24) is 9.88 Å². The minimum Gasteiger partial charge on any atom is -0.497 e. The van der Waals surface area contributed by atoms with Gasteiger partial charge in [-0.25, -0.2) is 9.78 Å². The second-order valence-electron chi connectivity index (χ2n) is 8.66. The second-order valence-corrected chi connectivity index (χ2v) is 8.66. The highest BCUT2D eigenvalue weighted by molar-refractivity contribution is 5.68. The Bertz CT molecular complexity index is 931. The maximum absolute atomic E-state index is 12.6. The molecule has 1 saturated heterocycles. The van der Waals surface area contributed by atoms with Crippen LogP contribution in [0.5, 0.6) is 11.6 Å². The normalized spacial score (nSPS) is 18.7. The smallest absolute Gasteiger partial charge is 0.410 e. The van der Waals surface area contributed by atoms with Gasteiger partial charge < -0.3 is 19.1 Å². The van der Waals surface area contributed by atoms with Crippen molar-refractivity contribution < 1.29 is 19.0 Å². The number of aromatic nitrogens is 1. The van der Waals surface area contributed by atoms with Crippen molar-refractivity contribution in [2.45, 2.75) is 38.7 Å². The zero-order chi connectivity index (χ0) is 22.4. The molecule has 7 nitrogen and oxygen atoms in total. The zero-order valence-electron chi connectivity index (χ0n) is 18.5. The lowest BCUT2D eigenvalue weighted by Gasteiger charge is -2.39. The quantitative estimate of drug-likeness (QED) is 0.709. The first-order chi connectivity index (χ1) is 14.8. The third kappa shape index (κ3) is 6.11. The van der Waals surface area contributed by atoms with E-state index in [4.69, 9.17) is 19.5 Å². The number of rotatable bonds is 5. The largest absolute Gasteiger partial charge is 0.497 e. The van der Waals surface area contributed by atoms with E-state index >= 15 is 0 Å². The van der Waals surface area contributed by atoms with Crippen molar-refractivity contribution >= 4 is 6.09 Å². The van der Waals surface area contributed by atoms with E-state index in [1.165, 1.54) is 5.56 Å². The monoisotopic (exact) mass is 423 g/mol. The minimum absolute atomic E-state index is 0.0437. The van der Waals surface area contributed by atoms with Crippen LogP contribution in [0.2, 0.25) is 0 Å². The molecule has 0 bridgehead atoms. The summed E-state index contributed by atoms with van der Waals surface area (Å²) in [4.78, 5) is 18.6. The number of carbonyl (C=O) groups is 1. The van der Waals surface area contributed by atoms with Crippen LogP contribution in [0.3, 0.4) is 0 Å². The van der Waals surface area contributed by atoms with Gasteiger partial charge in [-0.3, -0.25) is 0 Å². The van der Waals surface area contributed by atoms with Gasteiger partial charge in [0.2, 0.25) is 5.88 Å². The molecule has 1 amide bonds. The lowest BCUT2D eigenvalue weighted by atomic mass is 9.81. The van der Waals surface area contributed by atoms with Crippen molar-refractivity contribution in [3.8, 4) is 17.7 Å². The van der Waals surface area contributed by atoms with E-state index in [0.29, 0.717) is 31.1 Å². The molecule has 1 aliphatic heterocycles. The highest BCUT2D eigenvalue weighted by Gasteiger charge is 2.35. The highest BCUT2D eigenvalue weighted by Crippen LogP contribution is 2.35. The Kier molecular flexibility index (Phi) is 7.01. The number of nitrogens with zero attached hydrogens (tertiary/aromatic N) is 3. The summed E-state index contributed by atoms with van der Waals surface area (Å²) in [5, 5.41) is 9.10. The van der Waals surface area contributed by atoms with Crippen LogP contribution in [0, 0.1) is 17.2 Å². The predicted octanol–water partition coefficient (Wildman–Crippen LogP) is 4.38. The van der Waals surface area contributed by atoms with Crippen molar-refractivity contribution in [2.75, 3.05) is 26.8 Å². The van der Waals surface area contributed by atoms with Crippen LogP contribution in [-0.4, -0.2) is 48.4 Å². The van der Waals surface area contributed by atoms with Crippen LogP contribution >= 0.6 is 0 Å². The molecular formula is C24H29N3O4. The molecule has 0 aliphatic carbocycles. The fraction of sp³-hybridized carbons (Fsp3) is 0.458. The Morgan fingerprint density at radius 2 is 2.00 bits per heavy atom. The van der Waals surface area contributed by atoms with Crippen LogP contribution in [0.4, 0.5) is 4.79 Å². The maximum Gasteiger partial charge on any atom is 0.410 e. The standard InChI is InChI=1S/C24H29N3O4/c1-24(2,3)31-23(28)27-12-10-21(18-5-7-20(29-4)8-6-18)19(15-27)16-30-22-13-17(14-25)9-11-26-22/h5-9,11,13,19,21H,10,12,15-16H2,1-4H3/t19-,21-/m0/s1. The highest BCUT2D eigenvalue weighted by atomic mass is 16.6. The average molecular weight is 424 g/mol. The molecule has 2 aromatic rings. The SMILES string of the molecule is COc1ccc([C@@H]2CCN(C(=O)OC(C)(C)C)C[C@H]2COc2cc(C#N)ccn2)cc1. The van der Waals surface area contributed by atoms with Crippen LogP contribution in [0.15, 0.2) is 42.6 Å². The van der Waals surface area contributed by atoms with Gasteiger partial charge in [0.1, 0.15) is 11.4 Å². The summed E-state index contributed by atoms with van der Waals surface area (Å²) in [5.41, 5.74) is 1.13. The van der Waals surface area contributed by atoms with Gasteiger partial charge in [0, 0.05) is 31.3 Å². The molecule has 0 spiro atoms. The molecule has 0 unspecified atom stereocenters. The van der Waals surface area contributed by atoms with Crippen molar-refractivity contribution in [1.29, 1.82) is 5.26 Å². The second kappa shape index (κ2) is 9.69. The Balaban J connectivity index is 1.77. The average Bonchev–Trinajstić information content (AvgIpc) is 2.76. The number of amides is 1. The molecule has 3 rings (SSSR count). The van der Waals surface area contributed by atoms with Gasteiger partial charge in [0.05, 0.1) is 25.3 Å². The van der Waals surface area contributed by atoms with E-state index in [-0.39, 0.29) is 17.9 Å². The number of carbonyl (C=O) groups excluding carboxylic acids is 1. The molecular weight excluding hydrogens is 394 g/mol. The number of nitriles is 1. The van der Waals surface area contributed by atoms with E-state index in [9.17, 15) is 4.79 Å². The van der Waals surface area contributed by atoms with Gasteiger partial charge in [0.25, 0.3) is 0 Å². The van der Waals surface area contributed by atoms with Gasteiger partial charge in [0.15, 0.2) is 0 Å². The van der Waals surface area contributed by atoms with E-state index in [2.05, 4.69) is 23.2 Å². The molecule has 31 heavy (non-hydrogen) atoms. The van der Waals surface area contributed by atoms with Crippen LogP contribution in [0.1, 0.15) is 44.2 Å². The molecule has 0 N–H and O–H groups in total. The van der Waals surface area contributed by atoms with Crippen molar-refractivity contribution in [3.63, 3.8) is 0 Å². The number of methoxy groups -OCH3 is 1. The molecule has 1 aromatic heterocycles. The number of benzene rings is 1.